The topological polar surface area (TPSA) is 46.2 Å². The third kappa shape index (κ3) is 2.41. The molecule has 1 atom stereocenters. The van der Waals surface area contributed by atoms with E-state index in [1.807, 2.05) is 20.8 Å². The van der Waals surface area contributed by atoms with Crippen LogP contribution in [-0.2, 0) is 0 Å². The van der Waals surface area contributed by atoms with Gasteiger partial charge in [-0.05, 0) is 17.5 Å². The zero-order chi connectivity index (χ0) is 11.8. The van der Waals surface area contributed by atoms with Crippen molar-refractivity contribution in [3.05, 3.63) is 28.5 Å². The van der Waals surface area contributed by atoms with Crippen LogP contribution in [0.1, 0.15) is 32.4 Å². The van der Waals surface area contributed by atoms with Crippen LogP contribution in [0, 0.1) is 11.2 Å². The van der Waals surface area contributed by atoms with Crippen LogP contribution < -0.4 is 5.73 Å². The Kier molecular flexibility index (Phi) is 3.26. The lowest BCUT2D eigenvalue weighted by Gasteiger charge is -2.28. The molecule has 0 fully saturated rings. The number of rotatable bonds is 1. The Morgan fingerprint density at radius 2 is 1.93 bits per heavy atom. The Labute approximate surface area is 93.9 Å². The number of benzene rings is 1. The minimum Gasteiger partial charge on any atom is -0.506 e. The van der Waals surface area contributed by atoms with Crippen LogP contribution in [0.3, 0.4) is 0 Å². The fourth-order valence-corrected chi connectivity index (χ4v) is 1.45. The van der Waals surface area contributed by atoms with Gasteiger partial charge in [0.25, 0.3) is 0 Å². The highest BCUT2D eigenvalue weighted by atomic mass is 35.5. The Morgan fingerprint density at radius 1 is 1.40 bits per heavy atom. The maximum Gasteiger partial charge on any atom is 0.141 e. The zero-order valence-electron chi connectivity index (χ0n) is 9.01. The first-order valence-corrected chi connectivity index (χ1v) is 5.05. The molecule has 0 saturated carbocycles. The first-order chi connectivity index (χ1) is 6.75. The molecular weight excluding hydrogens is 217 g/mol. The van der Waals surface area contributed by atoms with Crippen LogP contribution in [-0.4, -0.2) is 5.11 Å². The van der Waals surface area contributed by atoms with Gasteiger partial charge in [-0.25, -0.2) is 4.39 Å². The number of phenolic OH excluding ortho intramolecular Hbond substituents is 1. The molecule has 84 valence electrons. The molecule has 0 aliphatic rings. The molecule has 0 amide bonds. The van der Waals surface area contributed by atoms with Crippen molar-refractivity contribution in [2.24, 2.45) is 11.1 Å². The molecule has 0 saturated heterocycles. The SMILES string of the molecule is CC(C)(C)[C@H](N)c1c(F)ccc(Cl)c1O. The molecule has 0 bridgehead atoms. The van der Waals surface area contributed by atoms with Gasteiger partial charge < -0.3 is 10.8 Å². The predicted molar refractivity (Wildman–Crippen MR) is 59.5 cm³/mol. The van der Waals surface area contributed by atoms with Gasteiger partial charge in [0.2, 0.25) is 0 Å². The van der Waals surface area contributed by atoms with Crippen molar-refractivity contribution < 1.29 is 9.50 Å². The average molecular weight is 232 g/mol. The highest BCUT2D eigenvalue weighted by Crippen LogP contribution is 2.39. The Balaban J connectivity index is 3.31. The molecule has 0 radical (unpaired) electrons. The smallest absolute Gasteiger partial charge is 0.141 e. The normalized spacial score (nSPS) is 14.0. The quantitative estimate of drug-likeness (QED) is 0.780. The summed E-state index contributed by atoms with van der Waals surface area (Å²) in [5, 5.41) is 9.78. The fourth-order valence-electron chi connectivity index (χ4n) is 1.29. The van der Waals surface area contributed by atoms with Gasteiger partial charge in [-0.15, -0.1) is 0 Å². The minimum absolute atomic E-state index is 0.0787. The monoisotopic (exact) mass is 231 g/mol. The second-order valence-corrected chi connectivity index (χ2v) is 5.04. The van der Waals surface area contributed by atoms with Gasteiger partial charge >= 0.3 is 0 Å². The van der Waals surface area contributed by atoms with E-state index < -0.39 is 11.9 Å². The molecule has 4 heteroatoms. The van der Waals surface area contributed by atoms with Crippen LogP contribution in [0.2, 0.25) is 5.02 Å². The molecule has 15 heavy (non-hydrogen) atoms. The summed E-state index contributed by atoms with van der Waals surface area (Å²) in [6.45, 7) is 5.62. The Hall–Kier alpha value is -0.800. The van der Waals surface area contributed by atoms with Crippen molar-refractivity contribution in [2.45, 2.75) is 26.8 Å². The summed E-state index contributed by atoms with van der Waals surface area (Å²) in [6, 6.07) is 1.92. The lowest BCUT2D eigenvalue weighted by molar-refractivity contribution is 0.309. The van der Waals surface area contributed by atoms with Crippen LogP contribution in [0.25, 0.3) is 0 Å². The van der Waals surface area contributed by atoms with Gasteiger partial charge in [-0.2, -0.15) is 0 Å². The van der Waals surface area contributed by atoms with E-state index in [1.165, 1.54) is 12.1 Å². The molecule has 0 heterocycles. The van der Waals surface area contributed by atoms with E-state index in [-0.39, 0.29) is 21.8 Å². The second kappa shape index (κ2) is 3.99. The highest BCUT2D eigenvalue weighted by Gasteiger charge is 2.28. The van der Waals surface area contributed by atoms with E-state index >= 15 is 0 Å². The molecule has 1 aromatic rings. The molecule has 2 nitrogen and oxygen atoms in total. The van der Waals surface area contributed by atoms with Gasteiger partial charge in [-0.3, -0.25) is 0 Å². The summed E-state index contributed by atoms with van der Waals surface area (Å²) in [4.78, 5) is 0. The van der Waals surface area contributed by atoms with Crippen molar-refractivity contribution in [3.63, 3.8) is 0 Å². The summed E-state index contributed by atoms with van der Waals surface area (Å²) in [6.07, 6.45) is 0. The zero-order valence-corrected chi connectivity index (χ0v) is 9.77. The van der Waals surface area contributed by atoms with Crippen molar-refractivity contribution in [3.8, 4) is 5.75 Å². The highest BCUT2D eigenvalue weighted by molar-refractivity contribution is 6.32. The molecule has 0 aliphatic carbocycles. The van der Waals surface area contributed by atoms with Gasteiger partial charge in [0, 0.05) is 11.6 Å². The number of aromatic hydroxyl groups is 1. The summed E-state index contributed by atoms with van der Waals surface area (Å²) in [5.41, 5.74) is 5.62. The van der Waals surface area contributed by atoms with Crippen LogP contribution in [0.15, 0.2) is 12.1 Å². The van der Waals surface area contributed by atoms with Crippen molar-refractivity contribution in [2.75, 3.05) is 0 Å². The Bertz CT molecular complexity index is 374. The molecule has 3 N–H and O–H groups in total. The van der Waals surface area contributed by atoms with E-state index in [4.69, 9.17) is 17.3 Å². The van der Waals surface area contributed by atoms with E-state index in [0.29, 0.717) is 0 Å². The van der Waals surface area contributed by atoms with E-state index in [9.17, 15) is 9.50 Å². The number of hydrogen-bond donors (Lipinski definition) is 2. The van der Waals surface area contributed by atoms with Gasteiger partial charge in [0.1, 0.15) is 11.6 Å². The minimum atomic E-state index is -0.601. The molecule has 1 rings (SSSR count). The average Bonchev–Trinajstić information content (AvgIpc) is 2.10. The summed E-state index contributed by atoms with van der Waals surface area (Å²) < 4.78 is 13.5. The lowest BCUT2D eigenvalue weighted by Crippen LogP contribution is -2.27. The molecule has 0 spiro atoms. The van der Waals surface area contributed by atoms with Crippen LogP contribution in [0.5, 0.6) is 5.75 Å². The van der Waals surface area contributed by atoms with Crippen LogP contribution >= 0.6 is 11.6 Å². The third-order valence-electron chi connectivity index (χ3n) is 2.36. The van der Waals surface area contributed by atoms with Gasteiger partial charge in [-0.1, -0.05) is 32.4 Å². The maximum absolute atomic E-state index is 13.5. The lowest BCUT2D eigenvalue weighted by atomic mass is 9.82. The van der Waals surface area contributed by atoms with Gasteiger partial charge in [0.15, 0.2) is 0 Å². The molecule has 0 unspecified atom stereocenters. The van der Waals surface area contributed by atoms with E-state index in [2.05, 4.69) is 0 Å². The summed E-state index contributed by atoms with van der Waals surface area (Å²) in [5.74, 6) is -0.793. The Morgan fingerprint density at radius 3 is 2.40 bits per heavy atom. The number of phenols is 1. The first-order valence-electron chi connectivity index (χ1n) is 4.67. The number of nitrogens with two attached hydrogens (primary N) is 1. The molecule has 1 aromatic carbocycles. The number of halogens is 2. The summed E-state index contributed by atoms with van der Waals surface area (Å²) >= 11 is 5.71. The van der Waals surface area contributed by atoms with E-state index in [1.54, 1.807) is 0 Å². The van der Waals surface area contributed by atoms with Crippen molar-refractivity contribution >= 4 is 11.6 Å². The molecular formula is C11H15ClFNO. The largest absolute Gasteiger partial charge is 0.506 e. The number of hydrogen-bond acceptors (Lipinski definition) is 2. The van der Waals surface area contributed by atoms with E-state index in [0.717, 1.165) is 0 Å². The standard InChI is InChI=1S/C11H15ClFNO/c1-11(2,3)10(14)8-7(13)5-4-6(12)9(8)15/h4-5,10,15H,14H2,1-3H3/t10-/m1/s1. The molecule has 0 aromatic heterocycles. The first kappa shape index (κ1) is 12.3. The van der Waals surface area contributed by atoms with Crippen LogP contribution in [0.4, 0.5) is 4.39 Å². The summed E-state index contributed by atoms with van der Waals surface area (Å²) in [7, 11) is 0. The predicted octanol–water partition coefficient (Wildman–Crippen LogP) is 3.23. The third-order valence-corrected chi connectivity index (χ3v) is 2.66. The fraction of sp³-hybridized carbons (Fsp3) is 0.455. The second-order valence-electron chi connectivity index (χ2n) is 4.64. The van der Waals surface area contributed by atoms with Gasteiger partial charge in [0.05, 0.1) is 5.02 Å². The van der Waals surface area contributed by atoms with Crippen molar-refractivity contribution in [1.82, 2.24) is 0 Å². The maximum atomic E-state index is 13.5. The van der Waals surface area contributed by atoms with Crippen molar-refractivity contribution in [1.29, 1.82) is 0 Å². The molecule has 0 aliphatic heterocycles.